The molecule has 7 heteroatoms. The molecule has 0 bridgehead atoms. The molecule has 2 amide bonds. The Morgan fingerprint density at radius 2 is 1.92 bits per heavy atom. The highest BCUT2D eigenvalue weighted by atomic mass is 16.2. The molecule has 0 N–H and O–H groups in total. The van der Waals surface area contributed by atoms with Crippen molar-refractivity contribution < 1.29 is 9.59 Å². The summed E-state index contributed by atoms with van der Waals surface area (Å²) in [5, 5.41) is 0. The molecule has 0 unspecified atom stereocenters. The standard InChI is InChI=1S/C18H26N4O3/c1-4-20-12-18(10-15(20)23)5-7-21(8-6-18)16(24)11-22-14(3)9-13(2)19-17(22)25/h9H,4-8,10-12H2,1-3H3. The third-order valence-corrected chi connectivity index (χ3v) is 5.60. The molecule has 3 rings (SSSR count). The van der Waals surface area contributed by atoms with E-state index < -0.39 is 0 Å². The predicted octanol–water partition coefficient (Wildman–Crippen LogP) is 0.721. The Bertz CT molecular complexity index is 747. The van der Waals surface area contributed by atoms with Crippen molar-refractivity contribution in [2.24, 2.45) is 5.41 Å². The summed E-state index contributed by atoms with van der Waals surface area (Å²) in [7, 11) is 0. The van der Waals surface area contributed by atoms with Gasteiger partial charge < -0.3 is 9.80 Å². The number of hydrogen-bond acceptors (Lipinski definition) is 4. The van der Waals surface area contributed by atoms with E-state index in [2.05, 4.69) is 4.98 Å². The topological polar surface area (TPSA) is 75.5 Å². The summed E-state index contributed by atoms with van der Waals surface area (Å²) in [6.45, 7) is 8.49. The van der Waals surface area contributed by atoms with Gasteiger partial charge in [0.1, 0.15) is 6.54 Å². The van der Waals surface area contributed by atoms with E-state index in [1.54, 1.807) is 6.92 Å². The van der Waals surface area contributed by atoms with E-state index in [4.69, 9.17) is 0 Å². The van der Waals surface area contributed by atoms with Crippen LogP contribution < -0.4 is 5.69 Å². The Kier molecular flexibility index (Phi) is 4.67. The van der Waals surface area contributed by atoms with E-state index in [1.165, 1.54) is 4.57 Å². The predicted molar refractivity (Wildman–Crippen MR) is 93.1 cm³/mol. The van der Waals surface area contributed by atoms with Crippen molar-refractivity contribution in [2.45, 2.75) is 46.6 Å². The summed E-state index contributed by atoms with van der Waals surface area (Å²) < 4.78 is 1.43. The van der Waals surface area contributed by atoms with Gasteiger partial charge in [-0.1, -0.05) is 0 Å². The maximum atomic E-state index is 12.6. The van der Waals surface area contributed by atoms with E-state index in [1.807, 2.05) is 29.7 Å². The summed E-state index contributed by atoms with van der Waals surface area (Å²) in [6.07, 6.45) is 2.30. The van der Waals surface area contributed by atoms with Crippen LogP contribution in [0.3, 0.4) is 0 Å². The second-order valence-corrected chi connectivity index (χ2v) is 7.37. The van der Waals surface area contributed by atoms with Crippen molar-refractivity contribution in [2.75, 3.05) is 26.2 Å². The number of aromatic nitrogens is 2. The number of rotatable bonds is 3. The highest BCUT2D eigenvalue weighted by Crippen LogP contribution is 2.40. The van der Waals surface area contributed by atoms with Crippen LogP contribution in [0.15, 0.2) is 10.9 Å². The van der Waals surface area contributed by atoms with Crippen molar-refractivity contribution in [3.05, 3.63) is 27.9 Å². The van der Waals surface area contributed by atoms with Crippen molar-refractivity contribution in [1.82, 2.24) is 19.4 Å². The lowest BCUT2D eigenvalue weighted by molar-refractivity contribution is -0.134. The zero-order valence-electron chi connectivity index (χ0n) is 15.2. The van der Waals surface area contributed by atoms with Gasteiger partial charge in [0.05, 0.1) is 0 Å². The number of nitrogens with zero attached hydrogens (tertiary/aromatic N) is 4. The largest absolute Gasteiger partial charge is 0.348 e. The van der Waals surface area contributed by atoms with Crippen LogP contribution in [-0.2, 0) is 16.1 Å². The first-order chi connectivity index (χ1) is 11.8. The van der Waals surface area contributed by atoms with Crippen LogP contribution in [0.5, 0.6) is 0 Å². The molecule has 136 valence electrons. The van der Waals surface area contributed by atoms with Gasteiger partial charge in [-0.3, -0.25) is 14.2 Å². The Balaban J connectivity index is 1.63. The highest BCUT2D eigenvalue weighted by Gasteiger charge is 2.44. The number of likely N-dealkylation sites (tertiary alicyclic amines) is 2. The molecule has 0 radical (unpaired) electrons. The van der Waals surface area contributed by atoms with Crippen molar-refractivity contribution in [3.63, 3.8) is 0 Å². The van der Waals surface area contributed by atoms with Gasteiger partial charge in [-0.2, -0.15) is 4.98 Å². The quantitative estimate of drug-likeness (QED) is 0.808. The minimum atomic E-state index is -0.376. The normalized spacial score (nSPS) is 19.7. The fraction of sp³-hybridized carbons (Fsp3) is 0.667. The lowest BCUT2D eigenvalue weighted by atomic mass is 9.77. The average molecular weight is 346 g/mol. The zero-order chi connectivity index (χ0) is 18.2. The summed E-state index contributed by atoms with van der Waals surface area (Å²) in [5.41, 5.74) is 1.07. The van der Waals surface area contributed by atoms with Crippen molar-refractivity contribution in [3.8, 4) is 0 Å². The molecule has 3 heterocycles. The van der Waals surface area contributed by atoms with Gasteiger partial charge in [-0.25, -0.2) is 4.79 Å². The van der Waals surface area contributed by atoms with Crippen molar-refractivity contribution >= 4 is 11.8 Å². The first-order valence-corrected chi connectivity index (χ1v) is 8.94. The summed E-state index contributed by atoms with van der Waals surface area (Å²) in [6, 6.07) is 1.81. The molecule has 2 aliphatic rings. The molecule has 0 aromatic carbocycles. The SMILES string of the molecule is CCN1CC2(CCN(C(=O)Cn3c(C)cc(C)nc3=O)CC2)CC1=O. The van der Waals surface area contributed by atoms with Crippen LogP contribution in [0.4, 0.5) is 0 Å². The minimum Gasteiger partial charge on any atom is -0.342 e. The van der Waals surface area contributed by atoms with Crippen LogP contribution in [0.1, 0.15) is 37.6 Å². The van der Waals surface area contributed by atoms with Gasteiger partial charge in [-0.15, -0.1) is 0 Å². The molecule has 25 heavy (non-hydrogen) atoms. The molecular weight excluding hydrogens is 320 g/mol. The summed E-state index contributed by atoms with van der Waals surface area (Å²) in [5.74, 6) is 0.178. The van der Waals surface area contributed by atoms with Gasteiger partial charge in [0.2, 0.25) is 11.8 Å². The minimum absolute atomic E-state index is 0.0298. The third-order valence-electron chi connectivity index (χ3n) is 5.60. The van der Waals surface area contributed by atoms with E-state index >= 15 is 0 Å². The van der Waals surface area contributed by atoms with Gasteiger partial charge in [0.25, 0.3) is 0 Å². The number of carbonyl (C=O) groups excluding carboxylic acids is 2. The average Bonchev–Trinajstić information content (AvgIpc) is 2.86. The van der Waals surface area contributed by atoms with Crippen molar-refractivity contribution in [1.29, 1.82) is 0 Å². The van der Waals surface area contributed by atoms with E-state index in [9.17, 15) is 14.4 Å². The van der Waals surface area contributed by atoms with E-state index in [0.29, 0.717) is 25.2 Å². The summed E-state index contributed by atoms with van der Waals surface area (Å²) >= 11 is 0. The number of piperidine rings is 1. The van der Waals surface area contributed by atoms with Crippen LogP contribution in [-0.4, -0.2) is 57.3 Å². The molecule has 7 nitrogen and oxygen atoms in total. The zero-order valence-corrected chi connectivity index (χ0v) is 15.2. The Hall–Kier alpha value is -2.18. The maximum absolute atomic E-state index is 12.6. The van der Waals surface area contributed by atoms with Gasteiger partial charge in [0.15, 0.2) is 0 Å². The summed E-state index contributed by atoms with van der Waals surface area (Å²) in [4.78, 5) is 44.3. The number of hydrogen-bond donors (Lipinski definition) is 0. The van der Waals surface area contributed by atoms with Crippen LogP contribution in [0, 0.1) is 19.3 Å². The highest BCUT2D eigenvalue weighted by molar-refractivity contribution is 5.80. The number of aryl methyl sites for hydroxylation is 2. The van der Waals surface area contributed by atoms with Crippen LogP contribution in [0.25, 0.3) is 0 Å². The fourth-order valence-corrected chi connectivity index (χ4v) is 4.04. The monoisotopic (exact) mass is 346 g/mol. The first kappa shape index (κ1) is 17.6. The third kappa shape index (κ3) is 3.45. The molecule has 0 atom stereocenters. The fourth-order valence-electron chi connectivity index (χ4n) is 4.04. The van der Waals surface area contributed by atoms with Gasteiger partial charge in [-0.05, 0) is 39.7 Å². The molecule has 1 aromatic heterocycles. The lowest BCUT2D eigenvalue weighted by Crippen LogP contribution is -2.46. The van der Waals surface area contributed by atoms with E-state index in [-0.39, 0.29) is 29.5 Å². The molecule has 2 aliphatic heterocycles. The molecule has 0 aliphatic carbocycles. The lowest BCUT2D eigenvalue weighted by Gasteiger charge is -2.38. The smallest absolute Gasteiger partial charge is 0.342 e. The number of amides is 2. The Morgan fingerprint density at radius 1 is 1.24 bits per heavy atom. The Morgan fingerprint density at radius 3 is 2.48 bits per heavy atom. The maximum Gasteiger partial charge on any atom is 0.348 e. The van der Waals surface area contributed by atoms with Crippen LogP contribution in [0.2, 0.25) is 0 Å². The van der Waals surface area contributed by atoms with Gasteiger partial charge >= 0.3 is 5.69 Å². The van der Waals surface area contributed by atoms with Crippen LogP contribution >= 0.6 is 0 Å². The molecule has 1 spiro atoms. The molecule has 2 fully saturated rings. The molecule has 2 saturated heterocycles. The molecule has 1 aromatic rings. The second-order valence-electron chi connectivity index (χ2n) is 7.37. The first-order valence-electron chi connectivity index (χ1n) is 8.94. The number of carbonyl (C=O) groups is 2. The van der Waals surface area contributed by atoms with E-state index in [0.717, 1.165) is 31.6 Å². The molecular formula is C18H26N4O3. The second kappa shape index (κ2) is 6.61. The Labute approximate surface area is 147 Å². The molecule has 0 saturated carbocycles. The van der Waals surface area contributed by atoms with Gasteiger partial charge in [0, 0.05) is 49.4 Å².